The zero-order chi connectivity index (χ0) is 16.5. The molecule has 2 aromatic rings. The number of aromatic amines is 1. The van der Waals surface area contributed by atoms with Gasteiger partial charge in [0.25, 0.3) is 0 Å². The van der Waals surface area contributed by atoms with E-state index in [4.69, 9.17) is 4.74 Å². The van der Waals surface area contributed by atoms with Gasteiger partial charge in [-0.25, -0.2) is 4.79 Å². The van der Waals surface area contributed by atoms with Crippen molar-refractivity contribution in [3.05, 3.63) is 38.6 Å². The van der Waals surface area contributed by atoms with Gasteiger partial charge in [0.05, 0.1) is 17.5 Å². The highest BCUT2D eigenvalue weighted by Gasteiger charge is 2.31. The molecule has 9 heteroatoms. The third-order valence-electron chi connectivity index (χ3n) is 2.64. The monoisotopic (exact) mass is 379 g/mol. The molecule has 1 heterocycles. The van der Waals surface area contributed by atoms with Crippen molar-refractivity contribution in [3.63, 3.8) is 0 Å². The van der Waals surface area contributed by atoms with Gasteiger partial charge in [-0.3, -0.25) is 4.79 Å². The maximum Gasteiger partial charge on any atom is 0.573 e. The molecule has 0 aliphatic heterocycles. The van der Waals surface area contributed by atoms with Crippen LogP contribution in [-0.2, 0) is 4.74 Å². The fourth-order valence-electron chi connectivity index (χ4n) is 1.82. The first kappa shape index (κ1) is 16.3. The van der Waals surface area contributed by atoms with E-state index in [0.29, 0.717) is 0 Å². The topological polar surface area (TPSA) is 68.4 Å². The zero-order valence-electron chi connectivity index (χ0n) is 11.1. The number of alkyl halides is 3. The molecule has 0 atom stereocenters. The SMILES string of the molecule is CCOC(=O)c1c[nH]c2c(Br)cc(OC(F)(F)F)cc2c1=O. The Kier molecular flexibility index (Phi) is 4.45. The number of hydrogen-bond donors (Lipinski definition) is 1. The summed E-state index contributed by atoms with van der Waals surface area (Å²) in [4.78, 5) is 26.6. The highest BCUT2D eigenvalue weighted by Crippen LogP contribution is 2.30. The molecule has 22 heavy (non-hydrogen) atoms. The minimum atomic E-state index is -4.89. The lowest BCUT2D eigenvalue weighted by molar-refractivity contribution is -0.274. The quantitative estimate of drug-likeness (QED) is 0.830. The predicted molar refractivity (Wildman–Crippen MR) is 74.9 cm³/mol. The molecule has 0 spiro atoms. The summed E-state index contributed by atoms with van der Waals surface area (Å²) in [6.07, 6.45) is -3.74. The molecule has 1 aromatic carbocycles. The van der Waals surface area contributed by atoms with Crippen LogP contribution in [0.1, 0.15) is 17.3 Å². The summed E-state index contributed by atoms with van der Waals surface area (Å²) in [5, 5.41) is -0.126. The average Bonchev–Trinajstić information content (AvgIpc) is 2.38. The minimum absolute atomic E-state index is 0.0667. The number of H-pyrrole nitrogens is 1. The number of ether oxygens (including phenoxy) is 2. The van der Waals surface area contributed by atoms with Crippen molar-refractivity contribution < 1.29 is 27.4 Å². The average molecular weight is 380 g/mol. The number of pyridine rings is 1. The Morgan fingerprint density at radius 3 is 2.64 bits per heavy atom. The largest absolute Gasteiger partial charge is 0.573 e. The Morgan fingerprint density at radius 2 is 2.05 bits per heavy atom. The maximum absolute atomic E-state index is 12.3. The van der Waals surface area contributed by atoms with Crippen LogP contribution in [0.15, 0.2) is 27.6 Å². The number of aromatic nitrogens is 1. The number of carbonyl (C=O) groups excluding carboxylic acids is 1. The lowest BCUT2D eigenvalue weighted by atomic mass is 10.1. The molecule has 2 rings (SSSR count). The van der Waals surface area contributed by atoms with Crippen LogP contribution in [0.25, 0.3) is 10.9 Å². The minimum Gasteiger partial charge on any atom is -0.462 e. The molecular formula is C13H9BrF3NO4. The first-order valence-electron chi connectivity index (χ1n) is 6.00. The van der Waals surface area contributed by atoms with Gasteiger partial charge in [0, 0.05) is 10.7 Å². The van der Waals surface area contributed by atoms with E-state index in [9.17, 15) is 22.8 Å². The summed E-state index contributed by atoms with van der Waals surface area (Å²) in [6, 6.07) is 1.98. The Balaban J connectivity index is 2.62. The molecule has 1 aromatic heterocycles. The summed E-state index contributed by atoms with van der Waals surface area (Å²) >= 11 is 3.05. The lowest BCUT2D eigenvalue weighted by Crippen LogP contribution is -2.19. The normalized spacial score (nSPS) is 11.5. The van der Waals surface area contributed by atoms with E-state index in [2.05, 4.69) is 25.7 Å². The van der Waals surface area contributed by atoms with Gasteiger partial charge in [-0.05, 0) is 35.0 Å². The van der Waals surface area contributed by atoms with E-state index in [0.717, 1.165) is 18.3 Å². The second-order valence-electron chi connectivity index (χ2n) is 4.13. The number of benzene rings is 1. The number of nitrogens with one attached hydrogen (secondary N) is 1. The lowest BCUT2D eigenvalue weighted by Gasteiger charge is -2.11. The Hall–Kier alpha value is -2.03. The number of halogens is 4. The van der Waals surface area contributed by atoms with Gasteiger partial charge in [-0.2, -0.15) is 0 Å². The maximum atomic E-state index is 12.3. The fourth-order valence-corrected chi connectivity index (χ4v) is 2.37. The van der Waals surface area contributed by atoms with Crippen molar-refractivity contribution in [3.8, 4) is 5.75 Å². The Labute approximate surface area is 130 Å². The smallest absolute Gasteiger partial charge is 0.462 e. The molecule has 0 unspecified atom stereocenters. The molecule has 0 aliphatic carbocycles. The van der Waals surface area contributed by atoms with Gasteiger partial charge < -0.3 is 14.5 Å². The molecule has 118 valence electrons. The second kappa shape index (κ2) is 5.99. The molecule has 5 nitrogen and oxygen atoms in total. The summed E-state index contributed by atoms with van der Waals surface area (Å²) in [5.41, 5.74) is -0.807. The van der Waals surface area contributed by atoms with Crippen LogP contribution in [0.5, 0.6) is 5.75 Å². The van der Waals surface area contributed by atoms with E-state index in [1.165, 1.54) is 0 Å². The van der Waals surface area contributed by atoms with Gasteiger partial charge in [0.2, 0.25) is 5.43 Å². The first-order chi connectivity index (χ1) is 10.2. The molecule has 0 amide bonds. The molecule has 0 bridgehead atoms. The molecule has 0 fully saturated rings. The molecular weight excluding hydrogens is 371 g/mol. The second-order valence-corrected chi connectivity index (χ2v) is 4.98. The van der Waals surface area contributed by atoms with Crippen LogP contribution < -0.4 is 10.2 Å². The number of esters is 1. The van der Waals surface area contributed by atoms with Crippen LogP contribution in [0.4, 0.5) is 13.2 Å². The summed E-state index contributed by atoms with van der Waals surface area (Å²) in [6.45, 7) is 1.64. The zero-order valence-corrected chi connectivity index (χ0v) is 12.7. The van der Waals surface area contributed by atoms with Gasteiger partial charge in [-0.1, -0.05) is 0 Å². The highest BCUT2D eigenvalue weighted by atomic mass is 79.9. The van der Waals surface area contributed by atoms with Gasteiger partial charge in [-0.15, -0.1) is 13.2 Å². The molecule has 0 radical (unpaired) electrons. The van der Waals surface area contributed by atoms with Crippen LogP contribution >= 0.6 is 15.9 Å². The van der Waals surface area contributed by atoms with Crippen molar-refractivity contribution in [2.75, 3.05) is 6.61 Å². The van der Waals surface area contributed by atoms with E-state index < -0.39 is 23.5 Å². The molecule has 0 saturated carbocycles. The van der Waals surface area contributed by atoms with Crippen molar-refractivity contribution >= 4 is 32.8 Å². The van der Waals surface area contributed by atoms with Crippen LogP contribution in [-0.4, -0.2) is 23.9 Å². The van der Waals surface area contributed by atoms with E-state index >= 15 is 0 Å². The van der Waals surface area contributed by atoms with E-state index in [1.54, 1.807) is 6.92 Å². The standard InChI is InChI=1S/C13H9BrF3NO4/c1-2-21-12(20)8-5-18-10-7(11(8)19)3-6(4-9(10)14)22-13(15,16)17/h3-5H,2H2,1H3,(H,18,19). The predicted octanol–water partition coefficient (Wildman–Crippen LogP) is 3.37. The Bertz CT molecular complexity index is 785. The summed E-state index contributed by atoms with van der Waals surface area (Å²) < 4.78 is 45.6. The van der Waals surface area contributed by atoms with Gasteiger partial charge >= 0.3 is 12.3 Å². The third kappa shape index (κ3) is 3.41. The van der Waals surface area contributed by atoms with Crippen molar-refractivity contribution in [1.29, 1.82) is 0 Å². The fraction of sp³-hybridized carbons (Fsp3) is 0.231. The van der Waals surface area contributed by atoms with Crippen molar-refractivity contribution in [1.82, 2.24) is 4.98 Å². The first-order valence-corrected chi connectivity index (χ1v) is 6.80. The molecule has 1 N–H and O–H groups in total. The number of rotatable bonds is 3. The molecule has 0 aliphatic rings. The third-order valence-corrected chi connectivity index (χ3v) is 3.27. The number of hydrogen-bond acceptors (Lipinski definition) is 4. The van der Waals surface area contributed by atoms with Crippen LogP contribution in [0.2, 0.25) is 0 Å². The van der Waals surface area contributed by atoms with Crippen LogP contribution in [0, 0.1) is 0 Å². The summed E-state index contributed by atoms with van der Waals surface area (Å²) in [5.74, 6) is -1.43. The highest BCUT2D eigenvalue weighted by molar-refractivity contribution is 9.10. The number of fused-ring (bicyclic) bond motifs is 1. The van der Waals surface area contributed by atoms with Gasteiger partial charge in [0.1, 0.15) is 11.3 Å². The van der Waals surface area contributed by atoms with Crippen molar-refractivity contribution in [2.24, 2.45) is 0 Å². The van der Waals surface area contributed by atoms with Gasteiger partial charge in [0.15, 0.2) is 0 Å². The van der Waals surface area contributed by atoms with E-state index in [1.807, 2.05) is 0 Å². The molecule has 0 saturated heterocycles. The van der Waals surface area contributed by atoms with Crippen molar-refractivity contribution in [2.45, 2.75) is 13.3 Å². The summed E-state index contributed by atoms with van der Waals surface area (Å²) in [7, 11) is 0. The Morgan fingerprint density at radius 1 is 1.36 bits per heavy atom. The van der Waals surface area contributed by atoms with Crippen LogP contribution in [0.3, 0.4) is 0 Å². The van der Waals surface area contributed by atoms with E-state index in [-0.39, 0.29) is 27.5 Å². The number of carbonyl (C=O) groups is 1.